The van der Waals surface area contributed by atoms with Crippen LogP contribution in [0.4, 0.5) is 0 Å². The van der Waals surface area contributed by atoms with Gasteiger partial charge in [0.2, 0.25) is 0 Å². The molecule has 0 amide bonds. The van der Waals surface area contributed by atoms with Crippen LogP contribution in [0.5, 0.6) is 5.75 Å². The van der Waals surface area contributed by atoms with Crippen LogP contribution in [0, 0.1) is 0 Å². The molecule has 1 aliphatic rings. The fraction of sp³-hybridized carbons (Fsp3) is 0.222. The predicted octanol–water partition coefficient (Wildman–Crippen LogP) is 3.41. The Balaban J connectivity index is 1.82. The highest BCUT2D eigenvalue weighted by Gasteiger charge is 2.24. The molecule has 4 rings (SSSR count). The number of H-pyrrole nitrogens is 1. The van der Waals surface area contributed by atoms with Gasteiger partial charge in [0.25, 0.3) is 0 Å². The molecule has 3 nitrogen and oxygen atoms in total. The van der Waals surface area contributed by atoms with Crippen molar-refractivity contribution in [2.24, 2.45) is 0 Å². The van der Waals surface area contributed by atoms with Gasteiger partial charge in [-0.05, 0) is 35.7 Å². The first-order valence-corrected chi connectivity index (χ1v) is 7.33. The average Bonchev–Trinajstić information content (AvgIpc) is 2.94. The second-order valence-electron chi connectivity index (χ2n) is 5.47. The molecule has 0 aliphatic carbocycles. The number of hydrogen-bond donors (Lipinski definition) is 2. The Hall–Kier alpha value is -2.26. The first-order valence-electron chi connectivity index (χ1n) is 7.33. The Bertz CT molecular complexity index is 774. The normalized spacial score (nSPS) is 17.7. The minimum absolute atomic E-state index is 0.229. The molecule has 1 atom stereocenters. The SMILES string of the molecule is COc1ccc(C2NCCc3c2[nH]c2ccccc32)cc1. The van der Waals surface area contributed by atoms with Crippen LogP contribution in [0.2, 0.25) is 0 Å². The molecule has 0 radical (unpaired) electrons. The fourth-order valence-corrected chi connectivity index (χ4v) is 3.26. The molecule has 0 saturated heterocycles. The summed E-state index contributed by atoms with van der Waals surface area (Å²) >= 11 is 0. The number of aromatic nitrogens is 1. The number of rotatable bonds is 2. The summed E-state index contributed by atoms with van der Waals surface area (Å²) < 4.78 is 5.25. The first kappa shape index (κ1) is 12.5. The summed E-state index contributed by atoms with van der Waals surface area (Å²) in [6, 6.07) is 17.1. The number of fused-ring (bicyclic) bond motifs is 3. The molecule has 106 valence electrons. The number of ether oxygens (including phenoxy) is 1. The van der Waals surface area contributed by atoms with E-state index in [4.69, 9.17) is 4.74 Å². The van der Waals surface area contributed by atoms with Crippen molar-refractivity contribution in [2.75, 3.05) is 13.7 Å². The van der Waals surface area contributed by atoms with E-state index < -0.39 is 0 Å². The van der Waals surface area contributed by atoms with E-state index in [1.807, 2.05) is 12.1 Å². The summed E-state index contributed by atoms with van der Waals surface area (Å²) in [6.45, 7) is 1.01. The molecule has 2 N–H and O–H groups in total. The van der Waals surface area contributed by atoms with Crippen LogP contribution in [0.15, 0.2) is 48.5 Å². The number of methoxy groups -OCH3 is 1. The molecule has 1 unspecified atom stereocenters. The van der Waals surface area contributed by atoms with Crippen molar-refractivity contribution in [2.45, 2.75) is 12.5 Å². The zero-order valence-electron chi connectivity index (χ0n) is 12.0. The number of para-hydroxylation sites is 1. The molecule has 3 heteroatoms. The van der Waals surface area contributed by atoms with Crippen molar-refractivity contribution in [1.29, 1.82) is 0 Å². The van der Waals surface area contributed by atoms with Gasteiger partial charge in [0.05, 0.1) is 13.2 Å². The fourth-order valence-electron chi connectivity index (χ4n) is 3.26. The van der Waals surface area contributed by atoms with E-state index in [9.17, 15) is 0 Å². The predicted molar refractivity (Wildman–Crippen MR) is 84.8 cm³/mol. The summed E-state index contributed by atoms with van der Waals surface area (Å²) in [5, 5.41) is 4.97. The third-order valence-corrected chi connectivity index (χ3v) is 4.31. The summed E-state index contributed by atoms with van der Waals surface area (Å²) in [6.07, 6.45) is 1.08. The van der Waals surface area contributed by atoms with Crippen LogP contribution in [0.25, 0.3) is 10.9 Å². The molecule has 1 aliphatic heterocycles. The van der Waals surface area contributed by atoms with E-state index >= 15 is 0 Å². The van der Waals surface area contributed by atoms with Crippen LogP contribution in [-0.4, -0.2) is 18.6 Å². The van der Waals surface area contributed by atoms with Crippen molar-refractivity contribution in [3.05, 3.63) is 65.4 Å². The van der Waals surface area contributed by atoms with Crippen molar-refractivity contribution in [3.63, 3.8) is 0 Å². The topological polar surface area (TPSA) is 37.0 Å². The lowest BCUT2D eigenvalue weighted by Crippen LogP contribution is -2.30. The molecule has 3 aromatic rings. The standard InChI is InChI=1S/C18H18N2O/c1-21-13-8-6-12(7-9-13)17-18-15(10-11-19-17)14-4-2-3-5-16(14)20-18/h2-9,17,19-20H,10-11H2,1H3. The van der Waals surface area contributed by atoms with Crippen molar-refractivity contribution in [3.8, 4) is 5.75 Å². The lowest BCUT2D eigenvalue weighted by atomic mass is 9.94. The van der Waals surface area contributed by atoms with E-state index in [0.717, 1.165) is 18.7 Å². The van der Waals surface area contributed by atoms with Crippen LogP contribution in [-0.2, 0) is 6.42 Å². The summed E-state index contributed by atoms with van der Waals surface area (Å²) in [5.74, 6) is 0.895. The number of aromatic amines is 1. The van der Waals surface area contributed by atoms with Gasteiger partial charge in [0, 0.05) is 23.1 Å². The number of benzene rings is 2. The minimum atomic E-state index is 0.229. The van der Waals surface area contributed by atoms with Gasteiger partial charge in [0.1, 0.15) is 5.75 Å². The van der Waals surface area contributed by atoms with Crippen molar-refractivity contribution >= 4 is 10.9 Å². The van der Waals surface area contributed by atoms with Crippen molar-refractivity contribution < 1.29 is 4.74 Å². The second kappa shape index (κ2) is 4.93. The first-order chi connectivity index (χ1) is 10.4. The Morgan fingerprint density at radius 2 is 1.86 bits per heavy atom. The van der Waals surface area contributed by atoms with E-state index in [0.29, 0.717) is 0 Å². The second-order valence-corrected chi connectivity index (χ2v) is 5.47. The number of hydrogen-bond acceptors (Lipinski definition) is 2. The molecule has 0 bridgehead atoms. The van der Waals surface area contributed by atoms with E-state index in [1.165, 1.54) is 27.7 Å². The zero-order valence-corrected chi connectivity index (χ0v) is 12.0. The molecule has 2 heterocycles. The maximum atomic E-state index is 5.25. The van der Waals surface area contributed by atoms with Crippen molar-refractivity contribution in [1.82, 2.24) is 10.3 Å². The molecular formula is C18H18N2O. The molecule has 0 spiro atoms. The van der Waals surface area contributed by atoms with Gasteiger partial charge in [-0.3, -0.25) is 0 Å². The third-order valence-electron chi connectivity index (χ3n) is 4.31. The van der Waals surface area contributed by atoms with Crippen LogP contribution in [0.1, 0.15) is 22.9 Å². The number of nitrogens with one attached hydrogen (secondary N) is 2. The van der Waals surface area contributed by atoms with Gasteiger partial charge in [-0.15, -0.1) is 0 Å². The van der Waals surface area contributed by atoms with Crippen LogP contribution < -0.4 is 10.1 Å². The van der Waals surface area contributed by atoms with Gasteiger partial charge in [0.15, 0.2) is 0 Å². The summed E-state index contributed by atoms with van der Waals surface area (Å²) in [4.78, 5) is 3.60. The van der Waals surface area contributed by atoms with Gasteiger partial charge < -0.3 is 15.0 Å². The van der Waals surface area contributed by atoms with Gasteiger partial charge in [-0.25, -0.2) is 0 Å². The highest BCUT2D eigenvalue weighted by atomic mass is 16.5. The van der Waals surface area contributed by atoms with Crippen LogP contribution >= 0.6 is 0 Å². The average molecular weight is 278 g/mol. The van der Waals surface area contributed by atoms with Gasteiger partial charge >= 0.3 is 0 Å². The monoisotopic (exact) mass is 278 g/mol. The minimum Gasteiger partial charge on any atom is -0.497 e. The highest BCUT2D eigenvalue weighted by Crippen LogP contribution is 2.33. The Morgan fingerprint density at radius 3 is 2.67 bits per heavy atom. The quantitative estimate of drug-likeness (QED) is 0.753. The van der Waals surface area contributed by atoms with E-state index in [2.05, 4.69) is 46.7 Å². The van der Waals surface area contributed by atoms with E-state index in [-0.39, 0.29) is 6.04 Å². The largest absolute Gasteiger partial charge is 0.497 e. The maximum absolute atomic E-state index is 5.25. The molecule has 0 saturated carbocycles. The summed E-state index contributed by atoms with van der Waals surface area (Å²) in [5.41, 5.74) is 5.24. The summed E-state index contributed by atoms with van der Waals surface area (Å²) in [7, 11) is 1.70. The lowest BCUT2D eigenvalue weighted by molar-refractivity contribution is 0.414. The van der Waals surface area contributed by atoms with Crippen LogP contribution in [0.3, 0.4) is 0 Å². The van der Waals surface area contributed by atoms with E-state index in [1.54, 1.807) is 7.11 Å². The smallest absolute Gasteiger partial charge is 0.118 e. The molecule has 2 aromatic carbocycles. The Morgan fingerprint density at radius 1 is 1.05 bits per heavy atom. The third kappa shape index (κ3) is 2.01. The molecule has 0 fully saturated rings. The zero-order chi connectivity index (χ0) is 14.2. The highest BCUT2D eigenvalue weighted by molar-refractivity contribution is 5.85. The maximum Gasteiger partial charge on any atom is 0.118 e. The molecule has 1 aromatic heterocycles. The molecule has 21 heavy (non-hydrogen) atoms. The van der Waals surface area contributed by atoms with Gasteiger partial charge in [-0.2, -0.15) is 0 Å². The molecular weight excluding hydrogens is 260 g/mol. The Labute approximate surface area is 123 Å². The lowest BCUT2D eigenvalue weighted by Gasteiger charge is -2.25. The Kier molecular flexibility index (Phi) is 2.93. The van der Waals surface area contributed by atoms with Gasteiger partial charge in [-0.1, -0.05) is 30.3 Å².